The minimum absolute atomic E-state index is 0.143. The van der Waals surface area contributed by atoms with Crippen LogP contribution in [0.2, 0.25) is 0 Å². The van der Waals surface area contributed by atoms with Crippen LogP contribution >= 0.6 is 12.2 Å². The monoisotopic (exact) mass is 380 g/mol. The van der Waals surface area contributed by atoms with Crippen molar-refractivity contribution in [2.75, 3.05) is 6.61 Å². The predicted octanol–water partition coefficient (Wildman–Crippen LogP) is 4.00. The first-order valence-corrected chi connectivity index (χ1v) is 8.88. The average molecular weight is 380 g/mol. The van der Waals surface area contributed by atoms with Gasteiger partial charge in [0, 0.05) is 5.70 Å². The van der Waals surface area contributed by atoms with Crippen molar-refractivity contribution in [1.29, 1.82) is 0 Å². The van der Waals surface area contributed by atoms with Crippen LogP contribution in [-0.2, 0) is 9.53 Å². The lowest BCUT2D eigenvalue weighted by molar-refractivity contribution is -0.138. The van der Waals surface area contributed by atoms with Crippen LogP contribution in [0.15, 0.2) is 78.5 Å². The summed E-state index contributed by atoms with van der Waals surface area (Å²) in [6, 6.07) is 16.6. The third kappa shape index (κ3) is 4.54. The Morgan fingerprint density at radius 3 is 2.67 bits per heavy atom. The number of benzene rings is 2. The summed E-state index contributed by atoms with van der Waals surface area (Å²) >= 11 is 5.27. The SMILES string of the molecule is C=CCOC(=O)C1=C(C)NC(=S)N[C@@H]1c1cccc(Oc2ccccc2)c1. The van der Waals surface area contributed by atoms with Gasteiger partial charge in [0.1, 0.15) is 18.1 Å². The van der Waals surface area contributed by atoms with E-state index in [1.165, 1.54) is 6.08 Å². The maximum Gasteiger partial charge on any atom is 0.338 e. The van der Waals surface area contributed by atoms with Crippen LogP contribution in [-0.4, -0.2) is 17.7 Å². The van der Waals surface area contributed by atoms with Gasteiger partial charge >= 0.3 is 5.97 Å². The number of esters is 1. The van der Waals surface area contributed by atoms with Crippen LogP contribution in [0.3, 0.4) is 0 Å². The summed E-state index contributed by atoms with van der Waals surface area (Å²) in [6.07, 6.45) is 1.53. The van der Waals surface area contributed by atoms with Crippen molar-refractivity contribution < 1.29 is 14.3 Å². The first-order chi connectivity index (χ1) is 13.1. The molecule has 138 valence electrons. The zero-order chi connectivity index (χ0) is 19.2. The number of carbonyl (C=O) groups is 1. The van der Waals surface area contributed by atoms with Crippen molar-refractivity contribution >= 4 is 23.3 Å². The van der Waals surface area contributed by atoms with Crippen LogP contribution in [0.4, 0.5) is 0 Å². The molecule has 6 heteroatoms. The first-order valence-electron chi connectivity index (χ1n) is 8.47. The molecule has 2 N–H and O–H groups in total. The fourth-order valence-electron chi connectivity index (χ4n) is 2.81. The van der Waals surface area contributed by atoms with E-state index >= 15 is 0 Å². The number of para-hydroxylation sites is 1. The van der Waals surface area contributed by atoms with Gasteiger partial charge in [0.25, 0.3) is 0 Å². The molecule has 1 aliphatic rings. The molecule has 1 aliphatic heterocycles. The quantitative estimate of drug-likeness (QED) is 0.449. The number of hydrogen-bond acceptors (Lipinski definition) is 4. The number of carbonyl (C=O) groups excluding carboxylic acids is 1. The van der Waals surface area contributed by atoms with Crippen molar-refractivity contribution in [3.05, 3.63) is 84.1 Å². The molecule has 0 saturated heterocycles. The molecule has 27 heavy (non-hydrogen) atoms. The summed E-state index contributed by atoms with van der Waals surface area (Å²) in [4.78, 5) is 12.6. The van der Waals surface area contributed by atoms with E-state index in [9.17, 15) is 4.79 Å². The van der Waals surface area contributed by atoms with Crippen LogP contribution < -0.4 is 15.4 Å². The summed E-state index contributed by atoms with van der Waals surface area (Å²) in [5, 5.41) is 6.58. The smallest absolute Gasteiger partial charge is 0.338 e. The molecule has 5 nitrogen and oxygen atoms in total. The molecule has 0 spiro atoms. The molecule has 0 saturated carbocycles. The second kappa shape index (κ2) is 8.51. The fraction of sp³-hybridized carbons (Fsp3) is 0.143. The molecule has 0 aromatic heterocycles. The normalized spacial score (nSPS) is 16.2. The Morgan fingerprint density at radius 2 is 1.93 bits per heavy atom. The standard InChI is InChI=1S/C21H20N2O3S/c1-3-12-25-20(24)18-14(2)22-21(27)23-19(18)15-8-7-11-17(13-15)26-16-9-5-4-6-10-16/h3-11,13,19H,1,12H2,2H3,(H2,22,23,27)/t19-/m1/s1. The van der Waals surface area contributed by atoms with E-state index in [1.54, 1.807) is 6.92 Å². The number of nitrogens with one attached hydrogen (secondary N) is 2. The van der Waals surface area contributed by atoms with Gasteiger partial charge in [-0.25, -0.2) is 4.79 Å². The van der Waals surface area contributed by atoms with E-state index < -0.39 is 12.0 Å². The van der Waals surface area contributed by atoms with E-state index in [4.69, 9.17) is 21.7 Å². The third-order valence-corrected chi connectivity index (χ3v) is 4.21. The van der Waals surface area contributed by atoms with Gasteiger partial charge < -0.3 is 20.1 Å². The van der Waals surface area contributed by atoms with Crippen LogP contribution in [0.1, 0.15) is 18.5 Å². The highest BCUT2D eigenvalue weighted by molar-refractivity contribution is 7.80. The number of rotatable bonds is 6. The Balaban J connectivity index is 1.91. The maximum atomic E-state index is 12.6. The largest absolute Gasteiger partial charge is 0.458 e. The van der Waals surface area contributed by atoms with E-state index in [0.29, 0.717) is 22.1 Å². The van der Waals surface area contributed by atoms with E-state index in [0.717, 1.165) is 11.3 Å². The Morgan fingerprint density at radius 1 is 1.19 bits per heavy atom. The lowest BCUT2D eigenvalue weighted by atomic mass is 9.95. The van der Waals surface area contributed by atoms with Gasteiger partial charge in [0.15, 0.2) is 5.11 Å². The molecule has 0 fully saturated rings. The molecule has 2 aromatic carbocycles. The van der Waals surface area contributed by atoms with Crippen molar-refractivity contribution in [2.24, 2.45) is 0 Å². The van der Waals surface area contributed by atoms with E-state index in [-0.39, 0.29) is 6.61 Å². The predicted molar refractivity (Wildman–Crippen MR) is 108 cm³/mol. The molecular weight excluding hydrogens is 360 g/mol. The Hall–Kier alpha value is -3.12. The lowest BCUT2D eigenvalue weighted by Crippen LogP contribution is -2.45. The third-order valence-electron chi connectivity index (χ3n) is 3.99. The number of allylic oxidation sites excluding steroid dienone is 1. The summed E-state index contributed by atoms with van der Waals surface area (Å²) in [6.45, 7) is 5.52. The van der Waals surface area contributed by atoms with Crippen LogP contribution in [0, 0.1) is 0 Å². The van der Waals surface area contributed by atoms with Gasteiger partial charge in [-0.2, -0.15) is 0 Å². The second-order valence-corrected chi connectivity index (χ2v) is 6.35. The van der Waals surface area contributed by atoms with Gasteiger partial charge in [-0.3, -0.25) is 0 Å². The Labute approximate surface area is 163 Å². The number of ether oxygens (including phenoxy) is 2. The Kier molecular flexibility index (Phi) is 5.88. The summed E-state index contributed by atoms with van der Waals surface area (Å²) < 4.78 is 11.1. The van der Waals surface area contributed by atoms with Crippen molar-refractivity contribution in [3.63, 3.8) is 0 Å². The van der Waals surface area contributed by atoms with E-state index in [2.05, 4.69) is 17.2 Å². The van der Waals surface area contributed by atoms with Crippen LogP contribution in [0.5, 0.6) is 11.5 Å². The van der Waals surface area contributed by atoms with Gasteiger partial charge in [-0.05, 0) is 49.0 Å². The minimum atomic E-state index is -0.435. The van der Waals surface area contributed by atoms with Crippen molar-refractivity contribution in [1.82, 2.24) is 10.6 Å². The fourth-order valence-corrected chi connectivity index (χ4v) is 3.08. The average Bonchev–Trinajstić information content (AvgIpc) is 2.66. The molecule has 0 amide bonds. The molecule has 0 bridgehead atoms. The number of thiocarbonyl (C=S) groups is 1. The highest BCUT2D eigenvalue weighted by Crippen LogP contribution is 2.31. The Bertz CT molecular complexity index is 893. The number of hydrogen-bond donors (Lipinski definition) is 2. The highest BCUT2D eigenvalue weighted by Gasteiger charge is 2.31. The molecule has 0 unspecified atom stereocenters. The van der Waals surface area contributed by atoms with Crippen molar-refractivity contribution in [3.8, 4) is 11.5 Å². The first kappa shape index (κ1) is 18.7. The molecule has 1 heterocycles. The second-order valence-electron chi connectivity index (χ2n) is 5.94. The summed E-state index contributed by atoms with van der Waals surface area (Å²) in [7, 11) is 0. The zero-order valence-electron chi connectivity index (χ0n) is 14.9. The summed E-state index contributed by atoms with van der Waals surface area (Å²) in [5.41, 5.74) is 1.98. The molecule has 0 radical (unpaired) electrons. The summed E-state index contributed by atoms with van der Waals surface area (Å²) in [5.74, 6) is 0.983. The lowest BCUT2D eigenvalue weighted by Gasteiger charge is -2.30. The van der Waals surface area contributed by atoms with Gasteiger partial charge in [0.05, 0.1) is 11.6 Å². The topological polar surface area (TPSA) is 59.6 Å². The molecule has 0 aliphatic carbocycles. The molecule has 3 rings (SSSR count). The molecule has 2 aromatic rings. The van der Waals surface area contributed by atoms with Gasteiger partial charge in [-0.1, -0.05) is 43.0 Å². The maximum absolute atomic E-state index is 12.6. The van der Waals surface area contributed by atoms with Crippen molar-refractivity contribution in [2.45, 2.75) is 13.0 Å². The van der Waals surface area contributed by atoms with Gasteiger partial charge in [0.2, 0.25) is 0 Å². The molecule has 1 atom stereocenters. The molecular formula is C21H20N2O3S. The van der Waals surface area contributed by atoms with Gasteiger partial charge in [-0.15, -0.1) is 0 Å². The van der Waals surface area contributed by atoms with Crippen LogP contribution in [0.25, 0.3) is 0 Å². The zero-order valence-corrected chi connectivity index (χ0v) is 15.7. The highest BCUT2D eigenvalue weighted by atomic mass is 32.1. The van der Waals surface area contributed by atoms with E-state index in [1.807, 2.05) is 54.6 Å². The minimum Gasteiger partial charge on any atom is -0.458 e.